The highest BCUT2D eigenvalue weighted by Crippen LogP contribution is 2.19. The van der Waals surface area contributed by atoms with Gasteiger partial charge in [0.2, 0.25) is 10.0 Å². The van der Waals surface area contributed by atoms with Crippen LogP contribution in [0, 0.1) is 0 Å². The number of ether oxygens (including phenoxy) is 1. The van der Waals surface area contributed by atoms with Crippen molar-refractivity contribution in [1.82, 2.24) is 9.21 Å². The van der Waals surface area contributed by atoms with Gasteiger partial charge in [0, 0.05) is 37.7 Å². The van der Waals surface area contributed by atoms with Gasteiger partial charge < -0.3 is 9.84 Å². The summed E-state index contributed by atoms with van der Waals surface area (Å²) in [6.45, 7) is 6.62. The molecule has 0 aromatic heterocycles. The van der Waals surface area contributed by atoms with Crippen molar-refractivity contribution < 1.29 is 18.3 Å². The molecule has 0 unspecified atom stereocenters. The van der Waals surface area contributed by atoms with Crippen LogP contribution in [0.3, 0.4) is 0 Å². The van der Waals surface area contributed by atoms with E-state index in [4.69, 9.17) is 16.3 Å². The van der Waals surface area contributed by atoms with Gasteiger partial charge in [0.05, 0.1) is 23.7 Å². The van der Waals surface area contributed by atoms with Crippen LogP contribution in [0.2, 0.25) is 5.02 Å². The normalized spacial score (nSPS) is 18.9. The van der Waals surface area contributed by atoms with E-state index in [-0.39, 0.29) is 11.0 Å². The smallest absolute Gasteiger partial charge is 0.243 e. The molecule has 0 aliphatic carbocycles. The van der Waals surface area contributed by atoms with Crippen LogP contribution in [0.15, 0.2) is 29.2 Å². The first kappa shape index (κ1) is 19.6. The molecule has 0 saturated carbocycles. The number of β-amino-alcohol motifs (C(OH)–C–C–N with tert-alkyl or cyclic N) is 1. The number of hydrogen-bond donors (Lipinski definition) is 1. The maximum Gasteiger partial charge on any atom is 0.243 e. The highest BCUT2D eigenvalue weighted by atomic mass is 35.5. The van der Waals surface area contributed by atoms with Crippen molar-refractivity contribution in [2.75, 3.05) is 39.3 Å². The summed E-state index contributed by atoms with van der Waals surface area (Å²) in [5, 5.41) is 10.5. The maximum absolute atomic E-state index is 12.6. The third-order valence-electron chi connectivity index (χ3n) is 3.87. The average Bonchev–Trinajstić information content (AvgIpc) is 2.54. The lowest BCUT2D eigenvalue weighted by Crippen LogP contribution is -2.50. The minimum Gasteiger partial charge on any atom is -0.389 e. The monoisotopic (exact) mass is 376 g/mol. The largest absolute Gasteiger partial charge is 0.389 e. The van der Waals surface area contributed by atoms with Crippen molar-refractivity contribution in [3.05, 3.63) is 29.3 Å². The summed E-state index contributed by atoms with van der Waals surface area (Å²) in [6.07, 6.45) is -0.479. The molecule has 0 amide bonds. The van der Waals surface area contributed by atoms with Gasteiger partial charge in [-0.3, -0.25) is 4.90 Å². The number of rotatable bonds is 7. The molecule has 1 saturated heterocycles. The average molecular weight is 377 g/mol. The number of piperazine rings is 1. The van der Waals surface area contributed by atoms with E-state index in [0.717, 1.165) is 0 Å². The zero-order valence-electron chi connectivity index (χ0n) is 14.1. The first-order valence-electron chi connectivity index (χ1n) is 8.07. The third-order valence-corrected chi connectivity index (χ3v) is 6.04. The molecule has 1 atom stereocenters. The molecule has 6 nitrogen and oxygen atoms in total. The van der Waals surface area contributed by atoms with Crippen LogP contribution in [0.5, 0.6) is 0 Å². The minimum absolute atomic E-state index is 0.0843. The summed E-state index contributed by atoms with van der Waals surface area (Å²) in [4.78, 5) is 2.31. The Bertz CT molecular complexity index is 613. The molecule has 1 aromatic carbocycles. The SMILES string of the molecule is CC(C)OC[C@@H](O)CN1CCN(S(=O)(=O)c2ccc(Cl)cc2)CC1. The van der Waals surface area contributed by atoms with Crippen molar-refractivity contribution in [2.45, 2.75) is 31.0 Å². The van der Waals surface area contributed by atoms with Crippen molar-refractivity contribution in [1.29, 1.82) is 0 Å². The summed E-state index contributed by atoms with van der Waals surface area (Å²) in [5.74, 6) is 0. The van der Waals surface area contributed by atoms with E-state index >= 15 is 0 Å². The van der Waals surface area contributed by atoms with Gasteiger partial charge in [0.1, 0.15) is 0 Å². The molecule has 0 radical (unpaired) electrons. The number of halogens is 1. The molecule has 1 aliphatic rings. The fourth-order valence-corrected chi connectivity index (χ4v) is 4.11. The van der Waals surface area contributed by atoms with Crippen molar-refractivity contribution in [3.63, 3.8) is 0 Å². The predicted octanol–water partition coefficient (Wildman–Crippen LogP) is 1.43. The van der Waals surface area contributed by atoms with Gasteiger partial charge in [-0.25, -0.2) is 8.42 Å². The molecule has 1 aromatic rings. The lowest BCUT2D eigenvalue weighted by atomic mass is 10.3. The highest BCUT2D eigenvalue weighted by Gasteiger charge is 2.29. The lowest BCUT2D eigenvalue weighted by molar-refractivity contribution is -0.0117. The van der Waals surface area contributed by atoms with Crippen molar-refractivity contribution in [2.24, 2.45) is 0 Å². The number of benzene rings is 1. The first-order chi connectivity index (χ1) is 11.3. The van der Waals surface area contributed by atoms with Gasteiger partial charge in [-0.15, -0.1) is 0 Å². The Morgan fingerprint density at radius 2 is 1.75 bits per heavy atom. The molecule has 1 N–H and O–H groups in total. The summed E-state index contributed by atoms with van der Waals surface area (Å²) in [6, 6.07) is 6.21. The Labute approximate surface area is 149 Å². The molecule has 1 fully saturated rings. The van der Waals surface area contributed by atoms with Gasteiger partial charge >= 0.3 is 0 Å². The summed E-state index contributed by atoms with van der Waals surface area (Å²) >= 11 is 5.81. The first-order valence-corrected chi connectivity index (χ1v) is 9.88. The van der Waals surface area contributed by atoms with Crippen LogP contribution >= 0.6 is 11.6 Å². The molecule has 0 bridgehead atoms. The standard InChI is InChI=1S/C16H25ClN2O4S/c1-13(2)23-12-15(20)11-18-7-9-19(10-8-18)24(21,22)16-5-3-14(17)4-6-16/h3-6,13,15,20H,7-12H2,1-2H3/t15-/m0/s1. The second kappa shape index (κ2) is 8.60. The number of hydrogen-bond acceptors (Lipinski definition) is 5. The molecule has 1 aliphatic heterocycles. The van der Waals surface area contributed by atoms with Crippen LogP contribution in [-0.4, -0.2) is 74.3 Å². The van der Waals surface area contributed by atoms with E-state index in [0.29, 0.717) is 44.4 Å². The van der Waals surface area contributed by atoms with Gasteiger partial charge in [-0.05, 0) is 38.1 Å². The van der Waals surface area contributed by atoms with Gasteiger partial charge in [0.15, 0.2) is 0 Å². The molecule has 24 heavy (non-hydrogen) atoms. The minimum atomic E-state index is -3.49. The Kier molecular flexibility index (Phi) is 7.03. The molecule has 2 rings (SSSR count). The molecular formula is C16H25ClN2O4S. The third kappa shape index (κ3) is 5.40. The van der Waals surface area contributed by atoms with E-state index in [1.165, 1.54) is 16.4 Å². The summed E-state index contributed by atoms with van der Waals surface area (Å²) < 4.78 is 32.1. The fourth-order valence-electron chi connectivity index (χ4n) is 2.56. The van der Waals surface area contributed by atoms with Crippen LogP contribution < -0.4 is 0 Å². The quantitative estimate of drug-likeness (QED) is 0.779. The van der Waals surface area contributed by atoms with Crippen LogP contribution in [0.1, 0.15) is 13.8 Å². The van der Waals surface area contributed by atoms with E-state index in [2.05, 4.69) is 4.90 Å². The van der Waals surface area contributed by atoms with E-state index in [1.54, 1.807) is 12.1 Å². The topological polar surface area (TPSA) is 70.1 Å². The predicted molar refractivity (Wildman–Crippen MR) is 93.7 cm³/mol. The Balaban J connectivity index is 1.86. The van der Waals surface area contributed by atoms with E-state index in [9.17, 15) is 13.5 Å². The molecule has 1 heterocycles. The van der Waals surface area contributed by atoms with Gasteiger partial charge in [-0.2, -0.15) is 4.31 Å². The Morgan fingerprint density at radius 1 is 1.17 bits per heavy atom. The molecule has 8 heteroatoms. The highest BCUT2D eigenvalue weighted by molar-refractivity contribution is 7.89. The maximum atomic E-state index is 12.6. The number of aliphatic hydroxyl groups is 1. The van der Waals surface area contributed by atoms with Crippen LogP contribution in [0.4, 0.5) is 0 Å². The number of aliphatic hydroxyl groups excluding tert-OH is 1. The summed E-state index contributed by atoms with van der Waals surface area (Å²) in [5.41, 5.74) is 0. The lowest BCUT2D eigenvalue weighted by Gasteiger charge is -2.34. The zero-order valence-corrected chi connectivity index (χ0v) is 15.6. The second-order valence-electron chi connectivity index (χ2n) is 6.19. The van der Waals surface area contributed by atoms with Crippen molar-refractivity contribution in [3.8, 4) is 0 Å². The van der Waals surface area contributed by atoms with Crippen molar-refractivity contribution >= 4 is 21.6 Å². The van der Waals surface area contributed by atoms with E-state index in [1.807, 2.05) is 13.8 Å². The van der Waals surface area contributed by atoms with Gasteiger partial charge in [0.25, 0.3) is 0 Å². The fraction of sp³-hybridized carbons (Fsp3) is 0.625. The molecular weight excluding hydrogens is 352 g/mol. The second-order valence-corrected chi connectivity index (χ2v) is 8.57. The van der Waals surface area contributed by atoms with Crippen LogP contribution in [-0.2, 0) is 14.8 Å². The van der Waals surface area contributed by atoms with Crippen LogP contribution in [0.25, 0.3) is 0 Å². The molecule has 0 spiro atoms. The van der Waals surface area contributed by atoms with E-state index < -0.39 is 16.1 Å². The Morgan fingerprint density at radius 3 is 2.29 bits per heavy atom. The summed E-state index contributed by atoms with van der Waals surface area (Å²) in [7, 11) is -3.49. The van der Waals surface area contributed by atoms with Gasteiger partial charge in [-0.1, -0.05) is 11.6 Å². The Hall–Kier alpha value is -0.700. The number of sulfonamides is 1. The zero-order chi connectivity index (χ0) is 17.7. The molecule has 136 valence electrons. The number of nitrogens with zero attached hydrogens (tertiary/aromatic N) is 2.